The van der Waals surface area contributed by atoms with Gasteiger partial charge in [-0.15, -0.1) is 0 Å². The van der Waals surface area contributed by atoms with Gasteiger partial charge >= 0.3 is 0 Å². The molecule has 0 unspecified atom stereocenters. The van der Waals surface area contributed by atoms with Gasteiger partial charge in [-0.1, -0.05) is 6.07 Å². The van der Waals surface area contributed by atoms with Gasteiger partial charge in [-0.05, 0) is 37.3 Å². The van der Waals surface area contributed by atoms with E-state index in [1.54, 1.807) is 24.3 Å². The highest BCUT2D eigenvalue weighted by Gasteiger charge is 2.09. The van der Waals surface area contributed by atoms with E-state index < -0.39 is 4.92 Å². The summed E-state index contributed by atoms with van der Waals surface area (Å²) >= 11 is 0. The zero-order valence-electron chi connectivity index (χ0n) is 11.4. The van der Waals surface area contributed by atoms with Gasteiger partial charge in [-0.25, -0.2) is 0 Å². The lowest BCUT2D eigenvalue weighted by Gasteiger charge is -2.07. The molecule has 0 bridgehead atoms. The minimum Gasteiger partial charge on any atom is -0.494 e. The van der Waals surface area contributed by atoms with Crippen LogP contribution in [0.25, 0.3) is 0 Å². The first-order valence-electron chi connectivity index (χ1n) is 6.39. The molecule has 6 nitrogen and oxygen atoms in total. The average molecular weight is 286 g/mol. The van der Waals surface area contributed by atoms with Crippen LogP contribution in [0, 0.1) is 10.1 Å². The van der Waals surface area contributed by atoms with Crippen molar-refractivity contribution in [1.29, 1.82) is 0 Å². The maximum atomic E-state index is 12.1. The number of nitrogens with zero attached hydrogens (tertiary/aromatic N) is 1. The predicted molar refractivity (Wildman–Crippen MR) is 78.7 cm³/mol. The summed E-state index contributed by atoms with van der Waals surface area (Å²) < 4.78 is 5.33. The van der Waals surface area contributed by atoms with Gasteiger partial charge in [-0.2, -0.15) is 0 Å². The molecule has 0 fully saturated rings. The van der Waals surface area contributed by atoms with E-state index in [9.17, 15) is 14.9 Å². The summed E-state index contributed by atoms with van der Waals surface area (Å²) in [5.41, 5.74) is 0.929. The van der Waals surface area contributed by atoms with Crippen molar-refractivity contribution in [3.05, 3.63) is 64.2 Å². The Morgan fingerprint density at radius 3 is 2.57 bits per heavy atom. The fourth-order valence-electron chi connectivity index (χ4n) is 1.76. The highest BCUT2D eigenvalue weighted by molar-refractivity contribution is 6.04. The number of rotatable bonds is 5. The molecule has 1 N–H and O–H groups in total. The Morgan fingerprint density at radius 2 is 1.95 bits per heavy atom. The first kappa shape index (κ1) is 14.5. The summed E-state index contributed by atoms with van der Waals surface area (Å²) in [7, 11) is 0. The third-order valence-electron chi connectivity index (χ3n) is 2.74. The maximum absolute atomic E-state index is 12.1. The molecular weight excluding hydrogens is 272 g/mol. The molecule has 0 saturated carbocycles. The van der Waals surface area contributed by atoms with Crippen molar-refractivity contribution in [3.63, 3.8) is 0 Å². The summed E-state index contributed by atoms with van der Waals surface area (Å²) in [5.74, 6) is 0.319. The Kier molecular flexibility index (Phi) is 4.50. The molecule has 108 valence electrons. The van der Waals surface area contributed by atoms with Crippen molar-refractivity contribution in [1.82, 2.24) is 0 Å². The first-order valence-corrected chi connectivity index (χ1v) is 6.39. The quantitative estimate of drug-likeness (QED) is 0.675. The SMILES string of the molecule is CCOc1cccc(C(=O)Nc2ccc([N+](=O)[O-])cc2)c1. The van der Waals surface area contributed by atoms with Crippen LogP contribution in [0.3, 0.4) is 0 Å². The van der Waals surface area contributed by atoms with Gasteiger partial charge in [0, 0.05) is 23.4 Å². The summed E-state index contributed by atoms with van der Waals surface area (Å²) in [4.78, 5) is 22.2. The largest absolute Gasteiger partial charge is 0.494 e. The minimum absolute atomic E-state index is 0.0219. The lowest BCUT2D eigenvalue weighted by molar-refractivity contribution is -0.384. The Morgan fingerprint density at radius 1 is 1.24 bits per heavy atom. The zero-order valence-corrected chi connectivity index (χ0v) is 11.4. The van der Waals surface area contributed by atoms with E-state index >= 15 is 0 Å². The van der Waals surface area contributed by atoms with Gasteiger partial charge < -0.3 is 10.1 Å². The van der Waals surface area contributed by atoms with Crippen LogP contribution >= 0.6 is 0 Å². The number of amides is 1. The topological polar surface area (TPSA) is 81.5 Å². The van der Waals surface area contributed by atoms with Crippen molar-refractivity contribution in [3.8, 4) is 5.75 Å². The molecule has 2 aromatic carbocycles. The van der Waals surface area contributed by atoms with E-state index in [2.05, 4.69) is 5.32 Å². The van der Waals surface area contributed by atoms with E-state index in [0.717, 1.165) is 0 Å². The van der Waals surface area contributed by atoms with Gasteiger partial charge in [-0.3, -0.25) is 14.9 Å². The number of hydrogen-bond acceptors (Lipinski definition) is 4. The van der Waals surface area contributed by atoms with Crippen molar-refractivity contribution in [2.45, 2.75) is 6.92 Å². The number of carbonyl (C=O) groups excluding carboxylic acids is 1. The first-order chi connectivity index (χ1) is 10.1. The van der Waals surface area contributed by atoms with E-state index in [1.807, 2.05) is 6.92 Å². The summed E-state index contributed by atoms with van der Waals surface area (Å²) in [6, 6.07) is 12.5. The van der Waals surface area contributed by atoms with Crippen molar-refractivity contribution in [2.24, 2.45) is 0 Å². The van der Waals surface area contributed by atoms with Crippen LogP contribution in [-0.2, 0) is 0 Å². The molecule has 0 saturated heterocycles. The molecule has 0 aliphatic carbocycles. The molecule has 0 aromatic heterocycles. The highest BCUT2D eigenvalue weighted by Crippen LogP contribution is 2.18. The normalized spacial score (nSPS) is 9.95. The fourth-order valence-corrected chi connectivity index (χ4v) is 1.76. The predicted octanol–water partition coefficient (Wildman–Crippen LogP) is 3.25. The third kappa shape index (κ3) is 3.79. The molecule has 0 atom stereocenters. The fraction of sp³-hybridized carbons (Fsp3) is 0.133. The van der Waals surface area contributed by atoms with Crippen LogP contribution in [0.5, 0.6) is 5.75 Å². The smallest absolute Gasteiger partial charge is 0.269 e. The molecule has 0 aliphatic rings. The lowest BCUT2D eigenvalue weighted by Crippen LogP contribution is -2.12. The number of ether oxygens (including phenoxy) is 1. The number of nitrogens with one attached hydrogen (secondary N) is 1. The summed E-state index contributed by atoms with van der Waals surface area (Å²) in [5, 5.41) is 13.2. The Hall–Kier alpha value is -2.89. The number of nitro benzene ring substituents is 1. The number of anilines is 1. The van der Waals surface area contributed by atoms with Gasteiger partial charge in [0.25, 0.3) is 11.6 Å². The van der Waals surface area contributed by atoms with Crippen LogP contribution in [0.15, 0.2) is 48.5 Å². The monoisotopic (exact) mass is 286 g/mol. The van der Waals surface area contributed by atoms with E-state index in [4.69, 9.17) is 4.74 Å². The second-order valence-corrected chi connectivity index (χ2v) is 4.22. The van der Waals surface area contributed by atoms with Gasteiger partial charge in [0.2, 0.25) is 0 Å². The van der Waals surface area contributed by atoms with Gasteiger partial charge in [0.05, 0.1) is 11.5 Å². The summed E-state index contributed by atoms with van der Waals surface area (Å²) in [6.45, 7) is 2.39. The minimum atomic E-state index is -0.489. The standard InChI is InChI=1S/C15H14N2O4/c1-2-21-14-5-3-4-11(10-14)15(18)16-12-6-8-13(9-7-12)17(19)20/h3-10H,2H2,1H3,(H,16,18). The van der Waals surface area contributed by atoms with Gasteiger partial charge in [0.1, 0.15) is 5.75 Å². The Labute approximate surface area is 121 Å². The van der Waals surface area contributed by atoms with Crippen LogP contribution < -0.4 is 10.1 Å². The van der Waals surface area contributed by atoms with Crippen LogP contribution in [0.2, 0.25) is 0 Å². The molecule has 2 aromatic rings. The molecule has 0 radical (unpaired) electrons. The molecule has 0 spiro atoms. The molecule has 0 heterocycles. The third-order valence-corrected chi connectivity index (χ3v) is 2.74. The summed E-state index contributed by atoms with van der Waals surface area (Å²) in [6.07, 6.45) is 0. The second-order valence-electron chi connectivity index (χ2n) is 4.22. The van der Waals surface area contributed by atoms with E-state index in [0.29, 0.717) is 23.6 Å². The number of nitro groups is 1. The highest BCUT2D eigenvalue weighted by atomic mass is 16.6. The molecule has 0 aliphatic heterocycles. The second kappa shape index (κ2) is 6.51. The average Bonchev–Trinajstić information content (AvgIpc) is 2.48. The number of benzene rings is 2. The molecule has 6 heteroatoms. The van der Waals surface area contributed by atoms with Crippen molar-refractivity contribution < 1.29 is 14.5 Å². The lowest BCUT2D eigenvalue weighted by atomic mass is 10.2. The number of carbonyl (C=O) groups is 1. The molecular formula is C15H14N2O4. The number of non-ortho nitro benzene ring substituents is 1. The number of hydrogen-bond donors (Lipinski definition) is 1. The Bertz CT molecular complexity index is 653. The molecule has 2 rings (SSSR count). The van der Waals surface area contributed by atoms with E-state index in [1.165, 1.54) is 24.3 Å². The van der Waals surface area contributed by atoms with E-state index in [-0.39, 0.29) is 11.6 Å². The molecule has 1 amide bonds. The van der Waals surface area contributed by atoms with Crippen LogP contribution in [-0.4, -0.2) is 17.4 Å². The Balaban J connectivity index is 2.10. The van der Waals surface area contributed by atoms with Gasteiger partial charge in [0.15, 0.2) is 0 Å². The molecule has 21 heavy (non-hydrogen) atoms. The maximum Gasteiger partial charge on any atom is 0.269 e. The van der Waals surface area contributed by atoms with Crippen molar-refractivity contribution in [2.75, 3.05) is 11.9 Å². The zero-order chi connectivity index (χ0) is 15.2. The van der Waals surface area contributed by atoms with Crippen LogP contribution in [0.1, 0.15) is 17.3 Å². The van der Waals surface area contributed by atoms with Crippen molar-refractivity contribution >= 4 is 17.3 Å². The van der Waals surface area contributed by atoms with Crippen LogP contribution in [0.4, 0.5) is 11.4 Å².